The first-order valence-electron chi connectivity index (χ1n) is 12.5. The topological polar surface area (TPSA) is 123 Å². The lowest BCUT2D eigenvalue weighted by atomic mass is 9.97. The van der Waals surface area contributed by atoms with E-state index in [0.29, 0.717) is 23.0 Å². The highest BCUT2D eigenvalue weighted by molar-refractivity contribution is 8.00. The molecule has 1 aromatic carbocycles. The van der Waals surface area contributed by atoms with Crippen molar-refractivity contribution >= 4 is 40.9 Å². The Hall–Kier alpha value is -2.39. The number of halogens is 4. The molecule has 15 heteroatoms. The van der Waals surface area contributed by atoms with Crippen LogP contribution in [0.25, 0.3) is 11.3 Å². The molecule has 5 atom stereocenters. The summed E-state index contributed by atoms with van der Waals surface area (Å²) in [7, 11) is 0. The molecule has 0 aliphatic carbocycles. The molecule has 10 nitrogen and oxygen atoms in total. The molecule has 40 heavy (non-hydrogen) atoms. The van der Waals surface area contributed by atoms with Gasteiger partial charge in [-0.1, -0.05) is 40.2 Å². The molecular formula is C25H25Cl2F2N5O5S. The molecule has 2 N–H and O–H groups in total. The summed E-state index contributed by atoms with van der Waals surface area (Å²) in [5.74, 6) is -2.16. The number of rotatable bonds is 8. The highest BCUT2D eigenvalue weighted by atomic mass is 35.5. The van der Waals surface area contributed by atoms with Gasteiger partial charge in [-0.25, -0.2) is 18.4 Å². The zero-order valence-electron chi connectivity index (χ0n) is 21.1. The number of aliphatic hydroxyl groups excluding tert-OH is 2. The van der Waals surface area contributed by atoms with Crippen LogP contribution in [0.2, 0.25) is 10.0 Å². The summed E-state index contributed by atoms with van der Waals surface area (Å²) in [6.45, 7) is 2.71. The fourth-order valence-corrected chi connectivity index (χ4v) is 6.15. The summed E-state index contributed by atoms with van der Waals surface area (Å²) in [5, 5.41) is 29.0. The average Bonchev–Trinajstić information content (AvgIpc) is 3.37. The molecule has 0 bridgehead atoms. The van der Waals surface area contributed by atoms with Crippen molar-refractivity contribution in [3.8, 4) is 11.3 Å². The Labute approximate surface area is 242 Å². The molecule has 2 aliphatic heterocycles. The molecule has 3 aromatic rings. The molecule has 2 aliphatic rings. The number of amides is 1. The fraction of sp³-hybridized carbons (Fsp3) is 0.440. The zero-order chi connectivity index (χ0) is 28.6. The quantitative estimate of drug-likeness (QED) is 0.366. The summed E-state index contributed by atoms with van der Waals surface area (Å²) in [6.07, 6.45) is 0.483. The van der Waals surface area contributed by atoms with E-state index in [9.17, 15) is 23.8 Å². The van der Waals surface area contributed by atoms with Crippen LogP contribution >= 0.6 is 35.0 Å². The molecule has 2 fully saturated rings. The van der Waals surface area contributed by atoms with Gasteiger partial charge < -0.3 is 24.6 Å². The van der Waals surface area contributed by atoms with E-state index in [2.05, 4.69) is 15.3 Å². The maximum absolute atomic E-state index is 14.1. The highest BCUT2D eigenvalue weighted by Gasteiger charge is 2.48. The lowest BCUT2D eigenvalue weighted by Gasteiger charge is -2.43. The van der Waals surface area contributed by atoms with Crippen LogP contribution in [0.4, 0.5) is 8.78 Å². The predicted molar refractivity (Wildman–Crippen MR) is 142 cm³/mol. The smallest absolute Gasteiger partial charge is 0.273 e. The number of benzene rings is 1. The number of nitrogens with zero attached hydrogens (tertiary/aromatic N) is 5. The number of aliphatic hydroxyl groups is 2. The number of carbonyl (C=O) groups is 1. The predicted octanol–water partition coefficient (Wildman–Crippen LogP) is 3.59. The summed E-state index contributed by atoms with van der Waals surface area (Å²) in [6, 6.07) is 2.72. The third-order valence-corrected chi connectivity index (χ3v) is 8.43. The minimum Gasteiger partial charge on any atom is -0.394 e. The summed E-state index contributed by atoms with van der Waals surface area (Å²) >= 11 is 13.0. The number of carbonyl (C=O) groups excluding carboxylic acids is 1. The van der Waals surface area contributed by atoms with Crippen LogP contribution in [0, 0.1) is 11.6 Å². The molecule has 2 aromatic heterocycles. The lowest BCUT2D eigenvalue weighted by Crippen LogP contribution is -2.56. The van der Waals surface area contributed by atoms with E-state index < -0.39 is 53.1 Å². The molecule has 3 unspecified atom stereocenters. The Morgan fingerprint density at radius 3 is 2.60 bits per heavy atom. The van der Waals surface area contributed by atoms with Crippen LogP contribution in [-0.4, -0.2) is 91.0 Å². The molecule has 2 saturated heterocycles. The number of thioether (sulfide) groups is 1. The number of pyridine rings is 1. The minimum atomic E-state index is -1.30. The maximum atomic E-state index is 14.1. The Kier molecular flexibility index (Phi) is 8.90. The van der Waals surface area contributed by atoms with Crippen molar-refractivity contribution < 1.29 is 33.3 Å². The highest BCUT2D eigenvalue weighted by Crippen LogP contribution is 2.41. The third kappa shape index (κ3) is 5.69. The molecule has 1 amide bonds. The van der Waals surface area contributed by atoms with Gasteiger partial charge in [-0.2, -0.15) is 0 Å². The second-order valence-corrected chi connectivity index (χ2v) is 11.2. The fourth-order valence-electron chi connectivity index (χ4n) is 4.55. The van der Waals surface area contributed by atoms with Crippen LogP contribution in [0.5, 0.6) is 0 Å². The van der Waals surface area contributed by atoms with E-state index in [1.54, 1.807) is 17.9 Å². The molecule has 214 valence electrons. The molecule has 0 saturated carbocycles. The van der Waals surface area contributed by atoms with Gasteiger partial charge in [0, 0.05) is 36.4 Å². The van der Waals surface area contributed by atoms with Gasteiger partial charge in [-0.15, -0.1) is 5.10 Å². The largest absolute Gasteiger partial charge is 0.394 e. The van der Waals surface area contributed by atoms with Crippen molar-refractivity contribution in [1.29, 1.82) is 0 Å². The Balaban J connectivity index is 1.49. The molecule has 0 spiro atoms. The van der Waals surface area contributed by atoms with Gasteiger partial charge in [0.15, 0.2) is 0 Å². The molecular weight excluding hydrogens is 591 g/mol. The Morgan fingerprint density at radius 1 is 1.25 bits per heavy atom. The number of ether oxygens (including phenoxy) is 2. The van der Waals surface area contributed by atoms with Gasteiger partial charge >= 0.3 is 0 Å². The van der Waals surface area contributed by atoms with Crippen molar-refractivity contribution in [2.45, 2.75) is 48.0 Å². The average molecular weight is 616 g/mol. The van der Waals surface area contributed by atoms with Crippen LogP contribution < -0.4 is 0 Å². The van der Waals surface area contributed by atoms with Crippen molar-refractivity contribution in [3.63, 3.8) is 0 Å². The van der Waals surface area contributed by atoms with Crippen LogP contribution in [0.3, 0.4) is 0 Å². The third-order valence-electron chi connectivity index (χ3n) is 6.69. The van der Waals surface area contributed by atoms with Crippen molar-refractivity contribution in [1.82, 2.24) is 24.9 Å². The zero-order valence-corrected chi connectivity index (χ0v) is 23.4. The van der Waals surface area contributed by atoms with E-state index >= 15 is 0 Å². The first kappa shape index (κ1) is 29.1. The minimum absolute atomic E-state index is 0.0870. The van der Waals surface area contributed by atoms with Crippen LogP contribution in [0.1, 0.15) is 29.9 Å². The van der Waals surface area contributed by atoms with E-state index in [4.69, 9.17) is 32.7 Å². The van der Waals surface area contributed by atoms with Crippen molar-refractivity contribution in [2.75, 3.05) is 26.3 Å². The summed E-state index contributed by atoms with van der Waals surface area (Å²) in [5.41, 5.74) is -0.448. The van der Waals surface area contributed by atoms with E-state index in [-0.39, 0.29) is 29.5 Å². The molecule has 5 rings (SSSR count). The van der Waals surface area contributed by atoms with Gasteiger partial charge in [0.05, 0.1) is 17.8 Å². The first-order chi connectivity index (χ1) is 19.2. The van der Waals surface area contributed by atoms with E-state index in [1.165, 1.54) is 17.1 Å². The Bertz CT molecular complexity index is 1370. The van der Waals surface area contributed by atoms with E-state index in [1.807, 2.05) is 0 Å². The SMILES string of the molecule is CCOC1C(n2cc(-c3cc(F)c(Cl)c(F)c3)nn2)[C@@H](O)C(CO)O[C@@H]1Sc1cc(Cl)cnc1C(=O)N1CCC1. The second-order valence-electron chi connectivity index (χ2n) is 9.23. The van der Waals surface area contributed by atoms with Crippen molar-refractivity contribution in [2.24, 2.45) is 0 Å². The van der Waals surface area contributed by atoms with Crippen LogP contribution in [-0.2, 0) is 9.47 Å². The standard InChI is InChI=1S/C25H25Cl2F2N5O5S/c1-2-38-23-21(34-10-16(31-32-34)12-6-14(28)19(27)15(29)7-12)22(36)17(11-35)39-25(23)40-18-8-13(26)9-30-20(18)24(37)33-4-3-5-33/h6-10,17,21-23,25,35-36H,2-5,11H2,1H3/t17?,21?,22-,23?,25+/m0/s1. The summed E-state index contributed by atoms with van der Waals surface area (Å²) < 4.78 is 41.5. The van der Waals surface area contributed by atoms with Crippen molar-refractivity contribution in [3.05, 3.63) is 58.0 Å². The molecule has 0 radical (unpaired) electrons. The number of likely N-dealkylation sites (tertiary alicyclic amines) is 1. The van der Waals surface area contributed by atoms with Gasteiger partial charge in [-0.3, -0.25) is 4.79 Å². The number of hydrogen-bond acceptors (Lipinski definition) is 9. The van der Waals surface area contributed by atoms with Gasteiger partial charge in [0.2, 0.25) is 0 Å². The van der Waals surface area contributed by atoms with Gasteiger partial charge in [0.1, 0.15) is 57.8 Å². The number of aromatic nitrogens is 4. The Morgan fingerprint density at radius 2 is 1.98 bits per heavy atom. The monoisotopic (exact) mass is 615 g/mol. The first-order valence-corrected chi connectivity index (χ1v) is 14.1. The number of hydrogen-bond donors (Lipinski definition) is 2. The normalized spacial score (nSPS) is 24.7. The maximum Gasteiger partial charge on any atom is 0.273 e. The lowest BCUT2D eigenvalue weighted by molar-refractivity contribution is -0.191. The van der Waals surface area contributed by atoms with Gasteiger partial charge in [-0.05, 0) is 31.5 Å². The van der Waals surface area contributed by atoms with Gasteiger partial charge in [0.25, 0.3) is 5.91 Å². The second kappa shape index (κ2) is 12.2. The van der Waals surface area contributed by atoms with Crippen LogP contribution in [0.15, 0.2) is 35.5 Å². The van der Waals surface area contributed by atoms with E-state index in [0.717, 1.165) is 30.3 Å². The summed E-state index contributed by atoms with van der Waals surface area (Å²) in [4.78, 5) is 19.4. The molecule has 4 heterocycles.